The molecule has 7 heteroatoms. The Balaban J connectivity index is 2.20. The van der Waals surface area contributed by atoms with Gasteiger partial charge in [-0.2, -0.15) is 4.98 Å². The lowest BCUT2D eigenvalue weighted by Crippen LogP contribution is -2.11. The minimum absolute atomic E-state index is 0.235. The number of nitrogens with zero attached hydrogens (tertiary/aromatic N) is 3. The van der Waals surface area contributed by atoms with E-state index in [1.54, 1.807) is 6.20 Å². The van der Waals surface area contributed by atoms with E-state index in [0.717, 1.165) is 11.1 Å². The molecule has 3 N–H and O–H groups in total. The van der Waals surface area contributed by atoms with Gasteiger partial charge in [0.05, 0.1) is 11.9 Å². The van der Waals surface area contributed by atoms with Crippen LogP contribution in [0, 0.1) is 12.0 Å². The number of hydrogen-bond donors (Lipinski definition) is 2. The fourth-order valence-electron chi connectivity index (χ4n) is 1.87. The van der Waals surface area contributed by atoms with Crippen molar-refractivity contribution >= 4 is 21.6 Å². The monoisotopic (exact) mass is 329 g/mol. The summed E-state index contributed by atoms with van der Waals surface area (Å²) in [6.45, 7) is 0. The fraction of sp³-hybridized carbons (Fsp3) is 0. The number of benzene rings is 1. The number of aromatic amines is 1. The molecule has 0 spiro atoms. The third kappa shape index (κ3) is 2.17. The number of hydrogen-bond acceptors (Lipinski definition) is 4. The Hall–Kier alpha value is -2.59. The molecule has 0 fully saturated rings. The molecule has 2 heterocycles. The average molecular weight is 330 g/mol. The van der Waals surface area contributed by atoms with Crippen LogP contribution in [0.4, 0.5) is 0 Å². The van der Waals surface area contributed by atoms with Crippen molar-refractivity contribution in [2.45, 2.75) is 0 Å². The van der Waals surface area contributed by atoms with Crippen molar-refractivity contribution in [3.05, 3.63) is 51.1 Å². The molecule has 0 bridgehead atoms. The second kappa shape index (κ2) is 4.83. The zero-order chi connectivity index (χ0) is 14.1. The van der Waals surface area contributed by atoms with Gasteiger partial charge in [-0.3, -0.25) is 4.79 Å². The molecule has 6 nitrogen and oxygen atoms in total. The first-order chi connectivity index (χ1) is 9.67. The molecule has 20 heavy (non-hydrogen) atoms. The SMILES string of the molecule is NC#Cc1cccc(-c2cn3nc(Br)nc3c(=O)[nH]2)c1. The van der Waals surface area contributed by atoms with Crippen molar-refractivity contribution < 1.29 is 0 Å². The molecule has 98 valence electrons. The van der Waals surface area contributed by atoms with E-state index in [4.69, 9.17) is 5.73 Å². The van der Waals surface area contributed by atoms with Crippen molar-refractivity contribution in [1.29, 1.82) is 0 Å². The van der Waals surface area contributed by atoms with Gasteiger partial charge in [0.15, 0.2) is 0 Å². The molecule has 0 aliphatic heterocycles. The van der Waals surface area contributed by atoms with E-state index in [0.29, 0.717) is 10.4 Å². The van der Waals surface area contributed by atoms with Gasteiger partial charge in [-0.05, 0) is 34.0 Å². The van der Waals surface area contributed by atoms with Crippen LogP contribution in [-0.4, -0.2) is 19.6 Å². The summed E-state index contributed by atoms with van der Waals surface area (Å²) in [6, 6.07) is 9.73. The highest BCUT2D eigenvalue weighted by Gasteiger charge is 2.08. The Kier molecular flexibility index (Phi) is 3.00. The van der Waals surface area contributed by atoms with Gasteiger partial charge < -0.3 is 10.7 Å². The van der Waals surface area contributed by atoms with Crippen LogP contribution in [0.2, 0.25) is 0 Å². The Labute approximate surface area is 121 Å². The van der Waals surface area contributed by atoms with Gasteiger partial charge >= 0.3 is 0 Å². The number of aromatic nitrogens is 4. The molecule has 0 saturated carbocycles. The van der Waals surface area contributed by atoms with Gasteiger partial charge in [-0.1, -0.05) is 12.1 Å². The maximum absolute atomic E-state index is 11.9. The van der Waals surface area contributed by atoms with Crippen LogP contribution in [0.5, 0.6) is 0 Å². The number of rotatable bonds is 1. The van der Waals surface area contributed by atoms with E-state index in [1.807, 2.05) is 24.3 Å². The topological polar surface area (TPSA) is 89.1 Å². The molecule has 0 saturated heterocycles. The van der Waals surface area contributed by atoms with Crippen molar-refractivity contribution in [3.8, 4) is 23.2 Å². The van der Waals surface area contributed by atoms with E-state index in [1.165, 1.54) is 4.52 Å². The minimum atomic E-state index is -0.309. The van der Waals surface area contributed by atoms with E-state index >= 15 is 0 Å². The van der Waals surface area contributed by atoms with Crippen LogP contribution in [0.3, 0.4) is 0 Å². The molecule has 3 rings (SSSR count). The van der Waals surface area contributed by atoms with Crippen molar-refractivity contribution in [3.63, 3.8) is 0 Å². The van der Waals surface area contributed by atoms with Crippen molar-refractivity contribution in [2.24, 2.45) is 5.73 Å². The molecule has 1 aromatic carbocycles. The molecule has 0 unspecified atom stereocenters. The third-order valence-electron chi connectivity index (χ3n) is 2.70. The highest BCUT2D eigenvalue weighted by molar-refractivity contribution is 9.10. The minimum Gasteiger partial charge on any atom is -0.359 e. The first kappa shape index (κ1) is 12.4. The van der Waals surface area contributed by atoms with E-state index < -0.39 is 0 Å². The third-order valence-corrected chi connectivity index (χ3v) is 3.03. The largest absolute Gasteiger partial charge is 0.359 e. The number of nitrogens with two attached hydrogens (primary N) is 1. The smallest absolute Gasteiger partial charge is 0.293 e. The maximum atomic E-state index is 11.9. The fourth-order valence-corrected chi connectivity index (χ4v) is 2.21. The molecule has 0 radical (unpaired) electrons. The normalized spacial score (nSPS) is 10.2. The van der Waals surface area contributed by atoms with Gasteiger partial charge in [0, 0.05) is 17.2 Å². The lowest BCUT2D eigenvalue weighted by molar-refractivity contribution is 0.927. The Morgan fingerprint density at radius 3 is 3.05 bits per heavy atom. The molecular weight excluding hydrogens is 322 g/mol. The average Bonchev–Trinajstić information content (AvgIpc) is 2.80. The number of H-pyrrole nitrogens is 1. The molecule has 0 aliphatic carbocycles. The lowest BCUT2D eigenvalue weighted by atomic mass is 10.1. The van der Waals surface area contributed by atoms with Crippen molar-refractivity contribution in [2.75, 3.05) is 0 Å². The Morgan fingerprint density at radius 2 is 2.25 bits per heavy atom. The Morgan fingerprint density at radius 1 is 1.40 bits per heavy atom. The number of fused-ring (bicyclic) bond motifs is 1. The first-order valence-corrected chi connectivity index (χ1v) is 6.44. The van der Waals surface area contributed by atoms with E-state index in [-0.39, 0.29) is 11.2 Å². The molecule has 0 atom stereocenters. The summed E-state index contributed by atoms with van der Waals surface area (Å²) in [5, 5.41) is 4.07. The molecule has 0 amide bonds. The van der Waals surface area contributed by atoms with Crippen LogP contribution >= 0.6 is 15.9 Å². The summed E-state index contributed by atoms with van der Waals surface area (Å²) in [5.41, 5.74) is 7.34. The quantitative estimate of drug-likeness (QED) is 0.517. The van der Waals surface area contributed by atoms with Crippen LogP contribution in [-0.2, 0) is 0 Å². The van der Waals surface area contributed by atoms with E-state index in [2.05, 4.69) is 43.0 Å². The summed E-state index contributed by atoms with van der Waals surface area (Å²) >= 11 is 3.14. The zero-order valence-corrected chi connectivity index (χ0v) is 11.7. The van der Waals surface area contributed by atoms with Gasteiger partial charge in [0.25, 0.3) is 5.56 Å². The van der Waals surface area contributed by atoms with E-state index in [9.17, 15) is 4.79 Å². The van der Waals surface area contributed by atoms with Crippen LogP contribution in [0.15, 0.2) is 40.0 Å². The van der Waals surface area contributed by atoms with Crippen LogP contribution in [0.1, 0.15) is 5.56 Å². The second-order valence-corrected chi connectivity index (χ2v) is 4.71. The summed E-state index contributed by atoms with van der Waals surface area (Å²) < 4.78 is 1.79. The first-order valence-electron chi connectivity index (χ1n) is 5.64. The van der Waals surface area contributed by atoms with Crippen LogP contribution in [0.25, 0.3) is 16.9 Å². The predicted molar refractivity (Wildman–Crippen MR) is 77.8 cm³/mol. The number of nitrogens with one attached hydrogen (secondary N) is 1. The zero-order valence-electron chi connectivity index (χ0n) is 10.1. The number of halogens is 1. The Bertz CT molecular complexity index is 916. The molecular formula is C13H8BrN5O. The lowest BCUT2D eigenvalue weighted by Gasteiger charge is -2.02. The van der Waals surface area contributed by atoms with Gasteiger partial charge in [0.2, 0.25) is 10.4 Å². The molecule has 0 aliphatic rings. The summed E-state index contributed by atoms with van der Waals surface area (Å²) in [5.74, 6) is 2.77. The summed E-state index contributed by atoms with van der Waals surface area (Å²) in [4.78, 5) is 18.7. The molecule has 3 aromatic rings. The van der Waals surface area contributed by atoms with Gasteiger partial charge in [-0.25, -0.2) is 4.52 Å². The van der Waals surface area contributed by atoms with Crippen LogP contribution < -0.4 is 11.3 Å². The second-order valence-electron chi connectivity index (χ2n) is 4.00. The standard InChI is InChI=1S/C13H8BrN5O/c14-13-17-11-12(20)16-10(7-19(11)18-13)9-3-1-2-8(6-9)4-5-15/h1-3,6-7H,15H2,(H,16,20). The predicted octanol–water partition coefficient (Wildman–Crippen LogP) is 1.11. The highest BCUT2D eigenvalue weighted by Crippen LogP contribution is 2.17. The van der Waals surface area contributed by atoms with Gasteiger partial charge in [0.1, 0.15) is 0 Å². The summed E-state index contributed by atoms with van der Waals surface area (Å²) in [6.07, 6.45) is 1.70. The van der Waals surface area contributed by atoms with Gasteiger partial charge in [-0.15, -0.1) is 5.10 Å². The summed E-state index contributed by atoms with van der Waals surface area (Å²) in [7, 11) is 0. The molecule has 2 aromatic heterocycles. The van der Waals surface area contributed by atoms with Crippen molar-refractivity contribution in [1.82, 2.24) is 19.6 Å². The highest BCUT2D eigenvalue weighted by atomic mass is 79.9. The maximum Gasteiger partial charge on any atom is 0.293 e.